The van der Waals surface area contributed by atoms with E-state index in [4.69, 9.17) is 11.5 Å². The standard InChI is InChI=1S/C14H29BN3O/c16-11-7-6-10-13(17)14(19)18-15-12-8-4-2-1-3-5-9-12/h12-13H,1-11,16-17H2,(H,18,19). The van der Waals surface area contributed by atoms with E-state index in [2.05, 4.69) is 5.23 Å². The summed E-state index contributed by atoms with van der Waals surface area (Å²) in [6.45, 7) is 0.669. The van der Waals surface area contributed by atoms with Gasteiger partial charge in [0.05, 0.1) is 6.04 Å². The zero-order valence-electron chi connectivity index (χ0n) is 12.1. The zero-order chi connectivity index (χ0) is 13.9. The van der Waals surface area contributed by atoms with Crippen LogP contribution in [-0.4, -0.2) is 25.9 Å². The Morgan fingerprint density at radius 2 is 1.79 bits per heavy atom. The van der Waals surface area contributed by atoms with Gasteiger partial charge in [-0.2, -0.15) is 0 Å². The molecule has 5 heteroatoms. The predicted octanol–water partition coefficient (Wildman–Crippen LogP) is 1.71. The molecule has 1 aliphatic rings. The highest BCUT2D eigenvalue weighted by molar-refractivity contribution is 6.39. The van der Waals surface area contributed by atoms with Gasteiger partial charge in [0.15, 0.2) is 0 Å². The minimum absolute atomic E-state index is 0.0425. The zero-order valence-corrected chi connectivity index (χ0v) is 12.1. The number of rotatable bonds is 7. The summed E-state index contributed by atoms with van der Waals surface area (Å²) in [5.41, 5.74) is 11.3. The second-order valence-electron chi connectivity index (χ2n) is 5.67. The van der Waals surface area contributed by atoms with E-state index >= 15 is 0 Å². The normalized spacial score (nSPS) is 19.3. The number of hydrogen-bond donors (Lipinski definition) is 3. The van der Waals surface area contributed by atoms with Crippen LogP contribution in [0.5, 0.6) is 0 Å². The van der Waals surface area contributed by atoms with E-state index in [0.717, 1.165) is 19.3 Å². The van der Waals surface area contributed by atoms with Crippen LogP contribution in [0.25, 0.3) is 0 Å². The van der Waals surface area contributed by atoms with Gasteiger partial charge in [0.25, 0.3) is 0 Å². The first-order valence-corrected chi connectivity index (χ1v) is 7.83. The number of nitrogens with two attached hydrogens (primary N) is 2. The van der Waals surface area contributed by atoms with Crippen molar-refractivity contribution in [3.05, 3.63) is 0 Å². The highest BCUT2D eigenvalue weighted by Crippen LogP contribution is 2.25. The Morgan fingerprint density at radius 3 is 2.42 bits per heavy atom. The maximum atomic E-state index is 11.8. The van der Waals surface area contributed by atoms with Gasteiger partial charge < -0.3 is 16.7 Å². The van der Waals surface area contributed by atoms with Gasteiger partial charge in [-0.25, -0.2) is 0 Å². The number of nitrogens with one attached hydrogen (secondary N) is 1. The fraction of sp³-hybridized carbons (Fsp3) is 0.929. The quantitative estimate of drug-likeness (QED) is 0.484. The van der Waals surface area contributed by atoms with Crippen molar-refractivity contribution in [2.45, 2.75) is 76.1 Å². The summed E-state index contributed by atoms with van der Waals surface area (Å²) >= 11 is 0. The maximum absolute atomic E-state index is 11.8. The second kappa shape index (κ2) is 10.3. The molecular formula is C14H29BN3O. The fourth-order valence-corrected chi connectivity index (χ4v) is 2.60. The molecular weight excluding hydrogens is 237 g/mol. The monoisotopic (exact) mass is 266 g/mol. The molecule has 0 aromatic heterocycles. The first-order chi connectivity index (χ1) is 9.24. The highest BCUT2D eigenvalue weighted by atomic mass is 16.1. The smallest absolute Gasteiger partial charge is 0.249 e. The highest BCUT2D eigenvalue weighted by Gasteiger charge is 2.17. The van der Waals surface area contributed by atoms with Gasteiger partial charge in [0.1, 0.15) is 0 Å². The van der Waals surface area contributed by atoms with Crippen LogP contribution in [-0.2, 0) is 4.79 Å². The first kappa shape index (κ1) is 16.5. The van der Waals surface area contributed by atoms with E-state index in [1.165, 1.54) is 44.9 Å². The average Bonchev–Trinajstić information content (AvgIpc) is 2.37. The van der Waals surface area contributed by atoms with Gasteiger partial charge in [-0.05, 0) is 25.2 Å². The SMILES string of the molecule is NCCCCC(N)C(=O)N[B]C1CCCCCCC1. The van der Waals surface area contributed by atoms with E-state index in [1.54, 1.807) is 0 Å². The molecule has 1 saturated carbocycles. The van der Waals surface area contributed by atoms with Crippen LogP contribution in [0.2, 0.25) is 5.82 Å². The number of carbonyl (C=O) groups excluding carboxylic acids is 1. The molecule has 1 fully saturated rings. The molecule has 0 heterocycles. The average molecular weight is 266 g/mol. The molecule has 1 unspecified atom stereocenters. The molecule has 1 rings (SSSR count). The van der Waals surface area contributed by atoms with Gasteiger partial charge in [-0.3, -0.25) is 4.79 Å². The minimum Gasteiger partial charge on any atom is -0.402 e. The molecule has 1 aliphatic carbocycles. The Bertz CT molecular complexity index is 243. The van der Waals surface area contributed by atoms with E-state index in [0.29, 0.717) is 12.4 Å². The topological polar surface area (TPSA) is 81.1 Å². The lowest BCUT2D eigenvalue weighted by molar-refractivity contribution is -0.120. The minimum atomic E-state index is -0.392. The molecule has 0 aromatic carbocycles. The summed E-state index contributed by atoms with van der Waals surface area (Å²) in [6, 6.07) is -0.392. The van der Waals surface area contributed by atoms with Crippen molar-refractivity contribution in [3.63, 3.8) is 0 Å². The Hall–Kier alpha value is -0.545. The molecule has 1 amide bonds. The second-order valence-corrected chi connectivity index (χ2v) is 5.67. The van der Waals surface area contributed by atoms with Crippen molar-refractivity contribution in [1.82, 2.24) is 5.23 Å². The third-order valence-electron chi connectivity index (χ3n) is 3.92. The largest absolute Gasteiger partial charge is 0.402 e. The number of unbranched alkanes of at least 4 members (excludes halogenated alkanes) is 1. The predicted molar refractivity (Wildman–Crippen MR) is 80.8 cm³/mol. The molecule has 1 atom stereocenters. The van der Waals surface area contributed by atoms with Crippen molar-refractivity contribution in [1.29, 1.82) is 0 Å². The third kappa shape index (κ3) is 7.58. The van der Waals surface area contributed by atoms with E-state index in [9.17, 15) is 4.79 Å². The van der Waals surface area contributed by atoms with Gasteiger partial charge in [-0.15, -0.1) is 0 Å². The van der Waals surface area contributed by atoms with Crippen LogP contribution in [0.4, 0.5) is 0 Å². The summed E-state index contributed by atoms with van der Waals surface area (Å²) in [4.78, 5) is 11.8. The summed E-state index contributed by atoms with van der Waals surface area (Å²) in [5, 5.41) is 2.91. The van der Waals surface area contributed by atoms with Gasteiger partial charge >= 0.3 is 0 Å². The van der Waals surface area contributed by atoms with Crippen LogP contribution in [0.1, 0.15) is 64.2 Å². The Labute approximate surface area is 118 Å². The van der Waals surface area contributed by atoms with Gasteiger partial charge in [-0.1, -0.05) is 51.4 Å². The fourth-order valence-electron chi connectivity index (χ4n) is 2.60. The molecule has 0 aliphatic heterocycles. The van der Waals surface area contributed by atoms with Crippen LogP contribution in [0.3, 0.4) is 0 Å². The maximum Gasteiger partial charge on any atom is 0.249 e. The van der Waals surface area contributed by atoms with Crippen molar-refractivity contribution >= 4 is 13.3 Å². The van der Waals surface area contributed by atoms with Gasteiger partial charge in [0, 0.05) is 0 Å². The molecule has 1 radical (unpaired) electrons. The lowest BCUT2D eigenvalue weighted by Gasteiger charge is -2.19. The number of hydrogen-bond acceptors (Lipinski definition) is 3. The lowest BCUT2D eigenvalue weighted by Crippen LogP contribution is -2.43. The number of amides is 1. The Morgan fingerprint density at radius 1 is 1.16 bits per heavy atom. The Kier molecular flexibility index (Phi) is 8.92. The molecule has 5 N–H and O–H groups in total. The molecule has 0 saturated heterocycles. The number of carbonyl (C=O) groups is 1. The van der Waals surface area contributed by atoms with Crippen molar-refractivity contribution in [2.24, 2.45) is 11.5 Å². The van der Waals surface area contributed by atoms with E-state index < -0.39 is 6.04 Å². The van der Waals surface area contributed by atoms with Crippen LogP contribution < -0.4 is 16.7 Å². The Balaban J connectivity index is 2.16. The van der Waals surface area contributed by atoms with Crippen molar-refractivity contribution < 1.29 is 4.79 Å². The van der Waals surface area contributed by atoms with Crippen molar-refractivity contribution in [2.75, 3.05) is 6.54 Å². The summed E-state index contributed by atoms with van der Waals surface area (Å²) < 4.78 is 0. The van der Waals surface area contributed by atoms with Gasteiger partial charge in [0.2, 0.25) is 13.3 Å². The van der Waals surface area contributed by atoms with Crippen LogP contribution in [0, 0.1) is 0 Å². The molecule has 0 spiro atoms. The molecule has 0 bridgehead atoms. The molecule has 19 heavy (non-hydrogen) atoms. The lowest BCUT2D eigenvalue weighted by atomic mass is 9.68. The summed E-state index contributed by atoms with van der Waals surface area (Å²) in [6.07, 6.45) is 11.6. The van der Waals surface area contributed by atoms with Crippen LogP contribution in [0.15, 0.2) is 0 Å². The first-order valence-electron chi connectivity index (χ1n) is 7.83. The molecule has 109 valence electrons. The van der Waals surface area contributed by atoms with E-state index in [-0.39, 0.29) is 5.91 Å². The van der Waals surface area contributed by atoms with Crippen molar-refractivity contribution in [3.8, 4) is 0 Å². The molecule has 0 aromatic rings. The molecule has 4 nitrogen and oxygen atoms in total. The summed E-state index contributed by atoms with van der Waals surface area (Å²) in [7, 11) is 1.98. The summed E-state index contributed by atoms with van der Waals surface area (Å²) in [5.74, 6) is 0.486. The third-order valence-corrected chi connectivity index (χ3v) is 3.92. The van der Waals surface area contributed by atoms with Crippen LogP contribution >= 0.6 is 0 Å². The van der Waals surface area contributed by atoms with E-state index in [1.807, 2.05) is 7.41 Å².